The van der Waals surface area contributed by atoms with Gasteiger partial charge in [-0.05, 0) is 36.5 Å². The summed E-state index contributed by atoms with van der Waals surface area (Å²) >= 11 is 0. The highest BCUT2D eigenvalue weighted by Gasteiger charge is 2.24. The first kappa shape index (κ1) is 16.3. The van der Waals surface area contributed by atoms with Crippen LogP contribution in [0.1, 0.15) is 84.0 Å². The molecule has 1 heteroatoms. The molecule has 118 valence electrons. The van der Waals surface area contributed by atoms with Crippen molar-refractivity contribution in [3.8, 4) is 0 Å². The van der Waals surface area contributed by atoms with Crippen molar-refractivity contribution in [2.75, 3.05) is 13.7 Å². The van der Waals surface area contributed by atoms with Crippen molar-refractivity contribution in [1.29, 1.82) is 0 Å². The van der Waals surface area contributed by atoms with E-state index in [0.717, 1.165) is 30.3 Å². The van der Waals surface area contributed by atoms with Gasteiger partial charge >= 0.3 is 0 Å². The third-order valence-corrected chi connectivity index (χ3v) is 6.02. The second-order valence-corrected chi connectivity index (χ2v) is 7.59. The Morgan fingerprint density at radius 2 is 1.05 bits per heavy atom. The number of rotatable bonds is 7. The van der Waals surface area contributed by atoms with Crippen molar-refractivity contribution in [2.24, 2.45) is 23.7 Å². The second kappa shape index (κ2) is 9.07. The van der Waals surface area contributed by atoms with E-state index in [1.807, 2.05) is 7.11 Å². The molecule has 0 spiro atoms. The first-order valence-electron chi connectivity index (χ1n) is 9.30. The molecule has 0 aliphatic heterocycles. The summed E-state index contributed by atoms with van der Waals surface area (Å²) in [6.07, 6.45) is 17.8. The maximum Gasteiger partial charge on any atom is 0.0490 e. The molecule has 0 N–H and O–H groups in total. The first-order valence-corrected chi connectivity index (χ1v) is 9.30. The van der Waals surface area contributed by atoms with Crippen molar-refractivity contribution in [2.45, 2.75) is 84.0 Å². The Balaban J connectivity index is 1.55. The normalized spacial score (nSPS) is 35.1. The molecule has 2 rings (SSSR count). The van der Waals surface area contributed by atoms with Crippen LogP contribution in [0.25, 0.3) is 0 Å². The van der Waals surface area contributed by atoms with Crippen LogP contribution in [0.5, 0.6) is 0 Å². The Morgan fingerprint density at radius 1 is 0.650 bits per heavy atom. The van der Waals surface area contributed by atoms with Crippen molar-refractivity contribution >= 4 is 0 Å². The first-order chi connectivity index (χ1) is 9.81. The number of methoxy groups -OCH3 is 1. The van der Waals surface area contributed by atoms with Gasteiger partial charge in [-0.15, -0.1) is 0 Å². The highest BCUT2D eigenvalue weighted by molar-refractivity contribution is 4.76. The molecule has 0 radical (unpaired) electrons. The van der Waals surface area contributed by atoms with Crippen LogP contribution in [0.2, 0.25) is 0 Å². The van der Waals surface area contributed by atoms with E-state index in [-0.39, 0.29) is 0 Å². The Labute approximate surface area is 126 Å². The molecule has 0 aromatic rings. The van der Waals surface area contributed by atoms with Gasteiger partial charge in [0.15, 0.2) is 0 Å². The van der Waals surface area contributed by atoms with Gasteiger partial charge in [-0.25, -0.2) is 0 Å². The van der Waals surface area contributed by atoms with E-state index in [1.54, 1.807) is 0 Å². The molecule has 0 atom stereocenters. The van der Waals surface area contributed by atoms with Gasteiger partial charge in [0.05, 0.1) is 0 Å². The fourth-order valence-corrected chi connectivity index (χ4v) is 4.61. The number of hydrogen-bond acceptors (Lipinski definition) is 1. The summed E-state index contributed by atoms with van der Waals surface area (Å²) in [4.78, 5) is 0. The van der Waals surface area contributed by atoms with Gasteiger partial charge in [0.2, 0.25) is 0 Å². The Kier molecular flexibility index (Phi) is 7.41. The maximum atomic E-state index is 5.30. The zero-order valence-corrected chi connectivity index (χ0v) is 13.9. The van der Waals surface area contributed by atoms with Crippen LogP contribution in [-0.2, 0) is 4.74 Å². The minimum Gasteiger partial charge on any atom is -0.384 e. The highest BCUT2D eigenvalue weighted by Crippen LogP contribution is 2.37. The van der Waals surface area contributed by atoms with E-state index in [1.165, 1.54) is 77.0 Å². The smallest absolute Gasteiger partial charge is 0.0490 e. The molecule has 0 amide bonds. The molecule has 0 aromatic carbocycles. The Bertz CT molecular complexity index is 208. The predicted octanol–water partition coefficient (Wildman–Crippen LogP) is 5.83. The Morgan fingerprint density at radius 3 is 1.45 bits per heavy atom. The molecule has 2 saturated carbocycles. The zero-order chi connectivity index (χ0) is 14.2. The summed E-state index contributed by atoms with van der Waals surface area (Å²) in [7, 11) is 1.85. The van der Waals surface area contributed by atoms with Crippen LogP contribution >= 0.6 is 0 Å². The van der Waals surface area contributed by atoms with Gasteiger partial charge in [-0.1, -0.05) is 71.1 Å². The monoisotopic (exact) mass is 280 g/mol. The minimum atomic E-state index is 0.862. The van der Waals surface area contributed by atoms with Gasteiger partial charge < -0.3 is 4.74 Å². The van der Waals surface area contributed by atoms with Crippen LogP contribution in [0.4, 0.5) is 0 Å². The molecular formula is C19H36O. The van der Waals surface area contributed by atoms with Gasteiger partial charge in [0.25, 0.3) is 0 Å². The van der Waals surface area contributed by atoms with E-state index in [9.17, 15) is 0 Å². The molecule has 20 heavy (non-hydrogen) atoms. The predicted molar refractivity (Wildman–Crippen MR) is 86.9 cm³/mol. The third kappa shape index (κ3) is 5.39. The van der Waals surface area contributed by atoms with E-state index >= 15 is 0 Å². The molecule has 1 nitrogen and oxygen atoms in total. The van der Waals surface area contributed by atoms with Crippen LogP contribution in [0.3, 0.4) is 0 Å². The van der Waals surface area contributed by atoms with Crippen molar-refractivity contribution < 1.29 is 4.74 Å². The van der Waals surface area contributed by atoms with Crippen LogP contribution in [0, 0.1) is 23.7 Å². The molecule has 0 heterocycles. The summed E-state index contributed by atoms with van der Waals surface area (Å²) < 4.78 is 5.30. The maximum absolute atomic E-state index is 5.30. The Hall–Kier alpha value is -0.0400. The summed E-state index contributed by atoms with van der Waals surface area (Å²) in [5.74, 6) is 4.04. The van der Waals surface area contributed by atoms with Gasteiger partial charge in [0.1, 0.15) is 0 Å². The lowest BCUT2D eigenvalue weighted by Crippen LogP contribution is -2.20. The topological polar surface area (TPSA) is 9.23 Å². The van der Waals surface area contributed by atoms with Crippen molar-refractivity contribution in [3.63, 3.8) is 0 Å². The van der Waals surface area contributed by atoms with E-state index in [4.69, 9.17) is 4.74 Å². The molecule has 2 fully saturated rings. The fraction of sp³-hybridized carbons (Fsp3) is 1.00. The average Bonchev–Trinajstić information content (AvgIpc) is 2.49. The van der Waals surface area contributed by atoms with Gasteiger partial charge in [-0.3, -0.25) is 0 Å². The minimum absolute atomic E-state index is 0.862. The molecule has 0 unspecified atom stereocenters. The number of ether oxygens (including phenoxy) is 1. The molecule has 0 aromatic heterocycles. The summed E-state index contributed by atoms with van der Waals surface area (Å²) in [5, 5.41) is 0. The summed E-state index contributed by atoms with van der Waals surface area (Å²) in [6, 6.07) is 0. The van der Waals surface area contributed by atoms with Crippen LogP contribution in [-0.4, -0.2) is 13.7 Å². The zero-order valence-electron chi connectivity index (χ0n) is 13.9. The van der Waals surface area contributed by atoms with Crippen LogP contribution in [0.15, 0.2) is 0 Å². The van der Waals surface area contributed by atoms with E-state index in [0.29, 0.717) is 0 Å². The summed E-state index contributed by atoms with van der Waals surface area (Å²) in [5.41, 5.74) is 0. The number of hydrogen-bond donors (Lipinski definition) is 0. The molecule has 0 bridgehead atoms. The largest absolute Gasteiger partial charge is 0.384 e. The van der Waals surface area contributed by atoms with Gasteiger partial charge in [0, 0.05) is 13.7 Å². The van der Waals surface area contributed by atoms with Crippen molar-refractivity contribution in [3.05, 3.63) is 0 Å². The lowest BCUT2D eigenvalue weighted by Gasteiger charge is -2.31. The highest BCUT2D eigenvalue weighted by atomic mass is 16.5. The fourth-order valence-electron chi connectivity index (χ4n) is 4.61. The second-order valence-electron chi connectivity index (χ2n) is 7.59. The average molecular weight is 280 g/mol. The molecule has 2 aliphatic rings. The van der Waals surface area contributed by atoms with Gasteiger partial charge in [-0.2, -0.15) is 0 Å². The standard InChI is InChI=1S/C19H36O/c1-3-4-16-5-7-17(8-6-16)9-10-18-11-13-19(14-12-18)15-20-2/h16-19H,3-15H2,1-2H3. The van der Waals surface area contributed by atoms with Crippen LogP contribution < -0.4 is 0 Å². The van der Waals surface area contributed by atoms with Crippen molar-refractivity contribution in [1.82, 2.24) is 0 Å². The quantitative estimate of drug-likeness (QED) is 0.570. The molecule has 2 aliphatic carbocycles. The van der Waals surface area contributed by atoms with E-state index < -0.39 is 0 Å². The lowest BCUT2D eigenvalue weighted by atomic mass is 9.75. The SMILES string of the molecule is CCCC1CCC(CCC2CCC(COC)CC2)CC1. The summed E-state index contributed by atoms with van der Waals surface area (Å²) in [6.45, 7) is 3.33. The lowest BCUT2D eigenvalue weighted by molar-refractivity contribution is 0.115. The molecular weight excluding hydrogens is 244 g/mol. The van der Waals surface area contributed by atoms with E-state index in [2.05, 4.69) is 6.92 Å². The third-order valence-electron chi connectivity index (χ3n) is 6.02. The molecule has 0 saturated heterocycles.